The number of carbonyl (C=O) groups excluding carboxylic acids is 1. The van der Waals surface area contributed by atoms with E-state index in [-0.39, 0.29) is 11.9 Å². The van der Waals surface area contributed by atoms with Gasteiger partial charge in [0, 0.05) is 13.6 Å². The molecule has 4 rings (SSSR count). The van der Waals surface area contributed by atoms with Crippen molar-refractivity contribution in [2.75, 3.05) is 13.6 Å². The van der Waals surface area contributed by atoms with Crippen molar-refractivity contribution in [2.24, 2.45) is 0 Å². The van der Waals surface area contributed by atoms with Crippen molar-refractivity contribution in [2.45, 2.75) is 31.3 Å². The van der Waals surface area contributed by atoms with Gasteiger partial charge in [-0.25, -0.2) is 0 Å². The number of hydrogen-bond acceptors (Lipinski definition) is 2. The normalized spacial score (nSPS) is 29.5. The van der Waals surface area contributed by atoms with Gasteiger partial charge in [0.05, 0.1) is 6.04 Å². The van der Waals surface area contributed by atoms with E-state index in [1.54, 1.807) is 0 Å². The smallest absolute Gasteiger partial charge is 0.244 e. The van der Waals surface area contributed by atoms with E-state index >= 15 is 0 Å². The lowest BCUT2D eigenvalue weighted by atomic mass is 9.97. The van der Waals surface area contributed by atoms with Crippen molar-refractivity contribution in [1.29, 1.82) is 0 Å². The van der Waals surface area contributed by atoms with Crippen molar-refractivity contribution in [3.05, 3.63) is 34.4 Å². The first-order chi connectivity index (χ1) is 8.24. The quantitative estimate of drug-likeness (QED) is 0.726. The summed E-state index contributed by atoms with van der Waals surface area (Å²) >= 11 is 0. The molecule has 1 fully saturated rings. The fourth-order valence-corrected chi connectivity index (χ4v) is 3.53. The Labute approximate surface area is 101 Å². The Morgan fingerprint density at radius 3 is 2.71 bits per heavy atom. The van der Waals surface area contributed by atoms with Gasteiger partial charge in [0.15, 0.2) is 0 Å². The lowest BCUT2D eigenvalue weighted by Crippen LogP contribution is -2.45. The van der Waals surface area contributed by atoms with Crippen LogP contribution in [-0.4, -0.2) is 24.4 Å². The number of piperazine rings is 1. The van der Waals surface area contributed by atoms with Crippen LogP contribution >= 0.6 is 0 Å². The minimum absolute atomic E-state index is 0.0837. The van der Waals surface area contributed by atoms with E-state index in [0.29, 0.717) is 6.04 Å². The summed E-state index contributed by atoms with van der Waals surface area (Å²) in [6.45, 7) is 0.807. The van der Waals surface area contributed by atoms with Gasteiger partial charge in [-0.15, -0.1) is 0 Å². The van der Waals surface area contributed by atoms with Crippen LogP contribution in [0.5, 0.6) is 0 Å². The zero-order valence-corrected chi connectivity index (χ0v) is 9.99. The Hall–Kier alpha value is -1.35. The second-order valence-corrected chi connectivity index (χ2v) is 5.47. The number of nitrogens with zero attached hydrogens (tertiary/aromatic N) is 1. The second kappa shape index (κ2) is 3.10. The zero-order chi connectivity index (χ0) is 11.6. The zero-order valence-electron chi connectivity index (χ0n) is 9.99. The standard InChI is InChI=1S/C14H16N2O/c1-16-7-12-10-5-8-3-2-4-9(8)6-11(10)13(15-12)14(16)17/h5-6,12-13,15H,2-4,7H2,1H3. The van der Waals surface area contributed by atoms with Crippen LogP contribution in [0.3, 0.4) is 0 Å². The topological polar surface area (TPSA) is 32.3 Å². The molecule has 1 aromatic carbocycles. The number of fused-ring (bicyclic) bond motifs is 6. The molecule has 2 atom stereocenters. The first kappa shape index (κ1) is 9.66. The third-order valence-electron chi connectivity index (χ3n) is 4.43. The number of carbonyl (C=O) groups is 1. The van der Waals surface area contributed by atoms with Crippen LogP contribution in [-0.2, 0) is 17.6 Å². The maximum absolute atomic E-state index is 12.1. The van der Waals surface area contributed by atoms with Crippen LogP contribution in [0.1, 0.15) is 40.8 Å². The second-order valence-electron chi connectivity index (χ2n) is 5.47. The summed E-state index contributed by atoms with van der Waals surface area (Å²) in [4.78, 5) is 14.0. The summed E-state index contributed by atoms with van der Waals surface area (Å²) in [6, 6.07) is 4.90. The molecule has 3 nitrogen and oxygen atoms in total. The maximum Gasteiger partial charge on any atom is 0.244 e. The third kappa shape index (κ3) is 1.18. The number of likely N-dealkylation sites (N-methyl/N-ethyl adjacent to an activating group) is 1. The first-order valence-corrected chi connectivity index (χ1v) is 6.40. The molecule has 2 bridgehead atoms. The molecule has 2 heterocycles. The number of amides is 1. The van der Waals surface area contributed by atoms with E-state index in [4.69, 9.17) is 0 Å². The third-order valence-corrected chi connectivity index (χ3v) is 4.43. The van der Waals surface area contributed by atoms with E-state index in [9.17, 15) is 4.79 Å². The molecule has 0 aromatic heterocycles. The van der Waals surface area contributed by atoms with Crippen LogP contribution in [0, 0.1) is 0 Å². The molecule has 0 saturated carbocycles. The number of rotatable bonds is 0. The maximum atomic E-state index is 12.1. The fraction of sp³-hybridized carbons (Fsp3) is 0.500. The Morgan fingerprint density at radius 2 is 1.94 bits per heavy atom. The largest absolute Gasteiger partial charge is 0.342 e. The molecule has 1 saturated heterocycles. The summed E-state index contributed by atoms with van der Waals surface area (Å²) in [6.07, 6.45) is 3.67. The predicted molar refractivity (Wildman–Crippen MR) is 64.7 cm³/mol. The van der Waals surface area contributed by atoms with Gasteiger partial charge in [-0.05, 0) is 41.5 Å². The molecule has 17 heavy (non-hydrogen) atoms. The minimum atomic E-state index is -0.0837. The minimum Gasteiger partial charge on any atom is -0.342 e. The summed E-state index contributed by atoms with van der Waals surface area (Å²) in [5.74, 6) is 0.220. The monoisotopic (exact) mass is 228 g/mol. The molecule has 1 N–H and O–H groups in total. The van der Waals surface area contributed by atoms with Crippen LogP contribution in [0.2, 0.25) is 0 Å². The van der Waals surface area contributed by atoms with Crippen LogP contribution in [0.25, 0.3) is 0 Å². The van der Waals surface area contributed by atoms with Crippen molar-refractivity contribution in [3.63, 3.8) is 0 Å². The average Bonchev–Trinajstić information content (AvgIpc) is 2.88. The average molecular weight is 228 g/mol. The molecule has 2 unspecified atom stereocenters. The molecule has 2 aliphatic heterocycles. The highest BCUT2D eigenvalue weighted by Gasteiger charge is 2.42. The molecule has 1 aromatic rings. The predicted octanol–water partition coefficient (Wildman–Crippen LogP) is 1.33. The van der Waals surface area contributed by atoms with Gasteiger partial charge in [0.25, 0.3) is 0 Å². The van der Waals surface area contributed by atoms with Crippen LogP contribution in [0.4, 0.5) is 0 Å². The summed E-state index contributed by atoms with van der Waals surface area (Å²) in [5.41, 5.74) is 5.58. The number of aryl methyl sites for hydroxylation is 2. The number of hydrogen-bond donors (Lipinski definition) is 1. The van der Waals surface area contributed by atoms with Crippen molar-refractivity contribution in [1.82, 2.24) is 10.2 Å². The summed E-state index contributed by atoms with van der Waals surface area (Å²) in [5, 5.41) is 3.45. The molecular formula is C14H16N2O. The number of benzene rings is 1. The van der Waals surface area contributed by atoms with Crippen LogP contribution in [0.15, 0.2) is 12.1 Å². The molecule has 3 aliphatic rings. The molecule has 1 aliphatic carbocycles. The van der Waals surface area contributed by atoms with Gasteiger partial charge in [-0.2, -0.15) is 0 Å². The highest BCUT2D eigenvalue weighted by Crippen LogP contribution is 2.41. The summed E-state index contributed by atoms with van der Waals surface area (Å²) < 4.78 is 0. The summed E-state index contributed by atoms with van der Waals surface area (Å²) in [7, 11) is 1.91. The SMILES string of the molecule is CN1CC2NC(C1=O)c1cc3c(cc12)CCC3. The van der Waals surface area contributed by atoms with Gasteiger partial charge in [-0.1, -0.05) is 12.1 Å². The van der Waals surface area contributed by atoms with Crippen molar-refractivity contribution >= 4 is 5.91 Å². The molecule has 1 amide bonds. The van der Waals surface area contributed by atoms with Crippen molar-refractivity contribution in [3.8, 4) is 0 Å². The van der Waals surface area contributed by atoms with Gasteiger partial charge >= 0.3 is 0 Å². The molecule has 88 valence electrons. The van der Waals surface area contributed by atoms with E-state index in [1.165, 1.54) is 41.5 Å². The Bertz CT molecular complexity index is 523. The Morgan fingerprint density at radius 1 is 1.24 bits per heavy atom. The van der Waals surface area contributed by atoms with Gasteiger partial charge in [0.1, 0.15) is 6.04 Å². The molecular weight excluding hydrogens is 212 g/mol. The molecule has 3 heteroatoms. The van der Waals surface area contributed by atoms with Gasteiger partial charge < -0.3 is 4.90 Å². The highest BCUT2D eigenvalue weighted by atomic mass is 16.2. The lowest BCUT2D eigenvalue weighted by Gasteiger charge is -2.29. The lowest BCUT2D eigenvalue weighted by molar-refractivity contribution is -0.134. The van der Waals surface area contributed by atoms with E-state index in [1.807, 2.05) is 11.9 Å². The van der Waals surface area contributed by atoms with Gasteiger partial charge in [-0.3, -0.25) is 10.1 Å². The van der Waals surface area contributed by atoms with Crippen LogP contribution < -0.4 is 5.32 Å². The molecule has 0 radical (unpaired) electrons. The fourth-order valence-electron chi connectivity index (χ4n) is 3.53. The Kier molecular flexibility index (Phi) is 1.76. The van der Waals surface area contributed by atoms with Crippen molar-refractivity contribution < 1.29 is 4.79 Å². The van der Waals surface area contributed by atoms with E-state index in [2.05, 4.69) is 17.4 Å². The molecule has 0 spiro atoms. The Balaban J connectivity index is 1.89. The van der Waals surface area contributed by atoms with E-state index < -0.39 is 0 Å². The first-order valence-electron chi connectivity index (χ1n) is 6.40. The number of nitrogens with one attached hydrogen (secondary N) is 1. The van der Waals surface area contributed by atoms with Gasteiger partial charge in [0.2, 0.25) is 5.91 Å². The highest BCUT2D eigenvalue weighted by molar-refractivity contribution is 5.86. The van der Waals surface area contributed by atoms with E-state index in [0.717, 1.165) is 6.54 Å².